The molecule has 0 bridgehead atoms. The van der Waals surface area contributed by atoms with Crippen molar-refractivity contribution in [1.29, 1.82) is 0 Å². The fourth-order valence-electron chi connectivity index (χ4n) is 4.19. The van der Waals surface area contributed by atoms with E-state index in [1.54, 1.807) is 42.2 Å². The average Bonchev–Trinajstić information content (AvgIpc) is 3.52. The number of aryl methyl sites for hydroxylation is 1. The summed E-state index contributed by atoms with van der Waals surface area (Å²) in [5, 5.41) is 8.76. The molecule has 0 saturated heterocycles. The molecule has 0 aliphatic heterocycles. The second kappa shape index (κ2) is 11.7. The summed E-state index contributed by atoms with van der Waals surface area (Å²) in [6.45, 7) is 8.08. The third-order valence-electron chi connectivity index (χ3n) is 6.13. The Bertz CT molecular complexity index is 1650. The van der Waals surface area contributed by atoms with Crippen molar-refractivity contribution in [2.24, 2.45) is 0 Å². The lowest BCUT2D eigenvalue weighted by Gasteiger charge is -2.24. The first kappa shape index (κ1) is 29.7. The molecule has 13 heteroatoms. The minimum atomic E-state index is -4.06. The third-order valence-corrected chi connectivity index (χ3v) is 7.49. The van der Waals surface area contributed by atoms with Gasteiger partial charge < -0.3 is 23.6 Å². The fraction of sp³-hybridized carbons (Fsp3) is 0.393. The molecule has 0 saturated carbocycles. The van der Waals surface area contributed by atoms with Crippen LogP contribution in [-0.4, -0.2) is 61.2 Å². The van der Waals surface area contributed by atoms with Crippen LogP contribution in [0, 0.1) is 0 Å². The van der Waals surface area contributed by atoms with Crippen LogP contribution in [0.5, 0.6) is 11.5 Å². The monoisotopic (exact) mass is 585 g/mol. The molecule has 0 radical (unpaired) electrons. The van der Waals surface area contributed by atoms with Crippen molar-refractivity contribution >= 4 is 32.9 Å². The molecule has 220 valence electrons. The zero-order chi connectivity index (χ0) is 29.9. The second-order valence-corrected chi connectivity index (χ2v) is 12.2. The number of amides is 1. The molecule has 2 aromatic heterocycles. The van der Waals surface area contributed by atoms with Gasteiger partial charge >= 0.3 is 6.09 Å². The molecular weight excluding hydrogens is 550 g/mol. The van der Waals surface area contributed by atoms with Gasteiger partial charge in [0.05, 0.1) is 33.5 Å². The summed E-state index contributed by atoms with van der Waals surface area (Å²) in [5.41, 5.74) is 2.21. The van der Waals surface area contributed by atoms with E-state index in [-0.39, 0.29) is 16.5 Å². The Kier molecular flexibility index (Phi) is 8.47. The smallest absolute Gasteiger partial charge is 0.410 e. The zero-order valence-corrected chi connectivity index (χ0v) is 25.0. The maximum atomic E-state index is 13.3. The number of nitrogens with zero attached hydrogens (tertiary/aromatic N) is 4. The second-order valence-electron chi connectivity index (χ2n) is 10.5. The van der Waals surface area contributed by atoms with Crippen molar-refractivity contribution in [3.63, 3.8) is 0 Å². The van der Waals surface area contributed by atoms with Gasteiger partial charge in [0.15, 0.2) is 11.4 Å². The van der Waals surface area contributed by atoms with Crippen LogP contribution in [-0.2, 0) is 34.3 Å². The van der Waals surface area contributed by atoms with Crippen LogP contribution in [0.3, 0.4) is 0 Å². The molecule has 1 N–H and O–H groups in total. The number of carbonyl (C=O) groups excluding carboxylic acids is 1. The maximum Gasteiger partial charge on any atom is 0.410 e. The molecule has 0 unspecified atom stereocenters. The summed E-state index contributed by atoms with van der Waals surface area (Å²) >= 11 is 0. The summed E-state index contributed by atoms with van der Waals surface area (Å²) in [6, 6.07) is 8.52. The topological polar surface area (TPSA) is 138 Å². The molecular formula is C28H35N5O7S. The molecule has 4 rings (SSSR count). The normalized spacial score (nSPS) is 11.9. The lowest BCUT2D eigenvalue weighted by molar-refractivity contribution is 0.0285. The van der Waals surface area contributed by atoms with E-state index in [4.69, 9.17) is 18.7 Å². The summed E-state index contributed by atoms with van der Waals surface area (Å²) in [7, 11) is 0.499. The number of anilines is 1. The van der Waals surface area contributed by atoms with Gasteiger partial charge in [0.2, 0.25) is 0 Å². The summed E-state index contributed by atoms with van der Waals surface area (Å²) < 4.78 is 52.7. The number of carbonyl (C=O) groups is 1. The standard InChI is InChI=1S/C28H35N5O7S/c1-8-18-9-10-21(37-6)24(13-18)41(35,36)31-26-25-22(38-7)11-19(12-23(25)40-30-26)16-33-17-20(14-29-33)15-32(5)27(34)39-28(2,3)4/h9-14,17H,8,15-16H2,1-7H3,(H,30,31). The van der Waals surface area contributed by atoms with Gasteiger partial charge in [-0.2, -0.15) is 5.10 Å². The molecule has 2 heterocycles. The van der Waals surface area contributed by atoms with Crippen molar-refractivity contribution in [2.75, 3.05) is 26.0 Å². The molecule has 41 heavy (non-hydrogen) atoms. The highest BCUT2D eigenvalue weighted by Gasteiger charge is 2.25. The Hall–Kier alpha value is -4.26. The quantitative estimate of drug-likeness (QED) is 0.278. The molecule has 0 atom stereocenters. The predicted octanol–water partition coefficient (Wildman–Crippen LogP) is 4.82. The Labute approximate surface area is 239 Å². The first-order valence-electron chi connectivity index (χ1n) is 12.9. The summed E-state index contributed by atoms with van der Waals surface area (Å²) in [6.07, 6.45) is 3.75. The fourth-order valence-corrected chi connectivity index (χ4v) is 5.41. The SMILES string of the molecule is CCc1ccc(OC)c(S(=O)(=O)Nc2noc3cc(Cn4cc(CN(C)C(=O)OC(C)(C)C)cn4)cc(OC)c23)c1. The number of rotatable bonds is 10. The number of fused-ring (bicyclic) bond motifs is 1. The van der Waals surface area contributed by atoms with E-state index in [1.807, 2.05) is 40.0 Å². The van der Waals surface area contributed by atoms with Crippen LogP contribution >= 0.6 is 0 Å². The number of benzene rings is 2. The molecule has 0 fully saturated rings. The third kappa shape index (κ3) is 6.91. The van der Waals surface area contributed by atoms with Gasteiger partial charge in [-0.25, -0.2) is 13.2 Å². The van der Waals surface area contributed by atoms with E-state index in [1.165, 1.54) is 19.1 Å². The number of sulfonamides is 1. The van der Waals surface area contributed by atoms with E-state index in [9.17, 15) is 13.2 Å². The number of hydrogen-bond acceptors (Lipinski definition) is 9. The van der Waals surface area contributed by atoms with Crippen molar-refractivity contribution < 1.29 is 31.9 Å². The van der Waals surface area contributed by atoms with Crippen LogP contribution in [0.1, 0.15) is 44.4 Å². The Morgan fingerprint density at radius 3 is 2.46 bits per heavy atom. The van der Waals surface area contributed by atoms with Gasteiger partial charge in [-0.3, -0.25) is 9.40 Å². The Balaban J connectivity index is 1.55. The number of hydrogen-bond donors (Lipinski definition) is 1. The number of aromatic nitrogens is 3. The van der Waals surface area contributed by atoms with Gasteiger partial charge in [0.1, 0.15) is 27.4 Å². The largest absolute Gasteiger partial charge is 0.496 e. The predicted molar refractivity (Wildman–Crippen MR) is 153 cm³/mol. The van der Waals surface area contributed by atoms with Crippen molar-refractivity contribution in [1.82, 2.24) is 19.8 Å². The number of methoxy groups -OCH3 is 2. The van der Waals surface area contributed by atoms with E-state index in [2.05, 4.69) is 15.0 Å². The molecule has 0 aliphatic rings. The molecule has 1 amide bonds. The van der Waals surface area contributed by atoms with E-state index in [0.717, 1.165) is 16.7 Å². The van der Waals surface area contributed by atoms with Gasteiger partial charge in [0, 0.05) is 18.8 Å². The van der Waals surface area contributed by atoms with Gasteiger partial charge in [-0.15, -0.1) is 0 Å². The van der Waals surface area contributed by atoms with Crippen LogP contribution in [0.15, 0.2) is 52.1 Å². The molecule has 4 aromatic rings. The van der Waals surface area contributed by atoms with Gasteiger partial charge in [0.25, 0.3) is 10.0 Å². The van der Waals surface area contributed by atoms with Crippen LogP contribution < -0.4 is 14.2 Å². The lowest BCUT2D eigenvalue weighted by Crippen LogP contribution is -2.33. The summed E-state index contributed by atoms with van der Waals surface area (Å²) in [5.74, 6) is 0.592. The van der Waals surface area contributed by atoms with Crippen molar-refractivity contribution in [3.05, 3.63) is 59.4 Å². The maximum absolute atomic E-state index is 13.3. The summed E-state index contributed by atoms with van der Waals surface area (Å²) in [4.78, 5) is 13.8. The van der Waals surface area contributed by atoms with E-state index in [0.29, 0.717) is 36.2 Å². The molecule has 12 nitrogen and oxygen atoms in total. The zero-order valence-electron chi connectivity index (χ0n) is 24.2. The van der Waals surface area contributed by atoms with Crippen molar-refractivity contribution in [2.45, 2.75) is 57.7 Å². The van der Waals surface area contributed by atoms with Crippen LogP contribution in [0.4, 0.5) is 10.6 Å². The van der Waals surface area contributed by atoms with E-state index < -0.39 is 21.7 Å². The van der Waals surface area contributed by atoms with Crippen molar-refractivity contribution in [3.8, 4) is 11.5 Å². The van der Waals surface area contributed by atoms with Crippen LogP contribution in [0.2, 0.25) is 0 Å². The minimum absolute atomic E-state index is 0.00101. The van der Waals surface area contributed by atoms with Gasteiger partial charge in [-0.1, -0.05) is 18.1 Å². The van der Waals surface area contributed by atoms with Gasteiger partial charge in [-0.05, 0) is 62.6 Å². The lowest BCUT2D eigenvalue weighted by atomic mass is 10.1. The molecule has 2 aromatic carbocycles. The highest BCUT2D eigenvalue weighted by atomic mass is 32.2. The average molecular weight is 586 g/mol. The highest BCUT2D eigenvalue weighted by molar-refractivity contribution is 7.92. The Morgan fingerprint density at radius 2 is 1.80 bits per heavy atom. The number of ether oxygens (including phenoxy) is 3. The van der Waals surface area contributed by atoms with Crippen LogP contribution in [0.25, 0.3) is 11.0 Å². The van der Waals surface area contributed by atoms with E-state index >= 15 is 0 Å². The molecule has 0 aliphatic carbocycles. The minimum Gasteiger partial charge on any atom is -0.496 e. The number of nitrogens with one attached hydrogen (secondary N) is 1. The first-order valence-corrected chi connectivity index (χ1v) is 14.4. The highest BCUT2D eigenvalue weighted by Crippen LogP contribution is 2.36. The molecule has 0 spiro atoms. The Morgan fingerprint density at radius 1 is 1.07 bits per heavy atom. The first-order chi connectivity index (χ1) is 19.3.